The van der Waals surface area contributed by atoms with Crippen molar-refractivity contribution in [2.45, 2.75) is 12.3 Å². The minimum atomic E-state index is 0.0830. The topological polar surface area (TPSA) is 35.1 Å². The van der Waals surface area contributed by atoms with Crippen molar-refractivity contribution in [3.8, 4) is 5.75 Å². The van der Waals surface area contributed by atoms with Gasteiger partial charge in [0.2, 0.25) is 6.23 Å². The molecular weight excluding hydrogens is 214 g/mol. The molecule has 1 aliphatic rings. The lowest BCUT2D eigenvalue weighted by atomic mass is 10.2. The molecule has 2 atom stereocenters. The fraction of sp³-hybridized carbons (Fsp3) is 0.455. The lowest BCUT2D eigenvalue weighted by molar-refractivity contribution is -0.697. The third kappa shape index (κ3) is 2.43. The third-order valence-electron chi connectivity index (χ3n) is 2.57. The Morgan fingerprint density at radius 1 is 1.47 bits per heavy atom. The largest absolute Gasteiger partial charge is 0.497 e. The van der Waals surface area contributed by atoms with Crippen molar-refractivity contribution in [3.05, 3.63) is 29.8 Å². The van der Waals surface area contributed by atoms with E-state index in [9.17, 15) is 0 Å². The molecule has 1 heterocycles. The zero-order valence-corrected chi connectivity index (χ0v) is 9.41. The first kappa shape index (κ1) is 10.7. The van der Waals surface area contributed by atoms with Crippen LogP contribution in [0, 0.1) is 0 Å². The van der Waals surface area contributed by atoms with E-state index in [0.29, 0.717) is 5.88 Å². The van der Waals surface area contributed by atoms with Gasteiger partial charge in [0.15, 0.2) is 0 Å². The minimum absolute atomic E-state index is 0.0830. The van der Waals surface area contributed by atoms with E-state index in [0.717, 1.165) is 17.9 Å². The zero-order valence-electron chi connectivity index (χ0n) is 8.65. The fourth-order valence-corrected chi connectivity index (χ4v) is 1.90. The van der Waals surface area contributed by atoms with E-state index in [2.05, 4.69) is 5.32 Å². The molecule has 4 heteroatoms. The molecule has 82 valence electrons. The molecule has 1 aromatic carbocycles. The van der Waals surface area contributed by atoms with Crippen LogP contribution >= 0.6 is 11.6 Å². The lowest BCUT2D eigenvalue weighted by Crippen LogP contribution is -2.82. The summed E-state index contributed by atoms with van der Waals surface area (Å²) in [5, 5.41) is 2.16. The molecule has 0 amide bonds. The van der Waals surface area contributed by atoms with Crippen LogP contribution in [0.1, 0.15) is 11.8 Å². The molecule has 1 saturated heterocycles. The Bertz CT molecular complexity index is 315. The fourth-order valence-electron chi connectivity index (χ4n) is 1.70. The van der Waals surface area contributed by atoms with Crippen LogP contribution < -0.4 is 10.1 Å². The van der Waals surface area contributed by atoms with E-state index < -0.39 is 0 Å². The summed E-state index contributed by atoms with van der Waals surface area (Å²) < 4.78 is 10.8. The highest BCUT2D eigenvalue weighted by Crippen LogP contribution is 2.19. The van der Waals surface area contributed by atoms with Gasteiger partial charge in [0.25, 0.3) is 0 Å². The molecule has 15 heavy (non-hydrogen) atoms. The highest BCUT2D eigenvalue weighted by atomic mass is 35.5. The first-order valence-electron chi connectivity index (χ1n) is 5.02. The van der Waals surface area contributed by atoms with Crippen LogP contribution in [0.2, 0.25) is 0 Å². The molecule has 2 N–H and O–H groups in total. The molecule has 0 saturated carbocycles. The Balaban J connectivity index is 2.04. The summed E-state index contributed by atoms with van der Waals surface area (Å²) in [7, 11) is 1.66. The lowest BCUT2D eigenvalue weighted by Gasteiger charge is -2.08. The van der Waals surface area contributed by atoms with Gasteiger partial charge in [-0.3, -0.25) is 0 Å². The number of halogens is 1. The van der Waals surface area contributed by atoms with E-state index in [-0.39, 0.29) is 12.3 Å². The summed E-state index contributed by atoms with van der Waals surface area (Å²) in [6.45, 7) is 0.931. The van der Waals surface area contributed by atoms with Gasteiger partial charge in [0.1, 0.15) is 18.4 Å². The van der Waals surface area contributed by atoms with Crippen LogP contribution in [0.25, 0.3) is 0 Å². The maximum Gasteiger partial charge on any atom is 0.217 e. The van der Waals surface area contributed by atoms with E-state index in [4.69, 9.17) is 21.1 Å². The molecule has 0 radical (unpaired) electrons. The molecule has 1 aliphatic heterocycles. The van der Waals surface area contributed by atoms with Gasteiger partial charge in [-0.25, -0.2) is 0 Å². The standard InChI is InChI=1S/C11H14ClNO2/c1-14-9-4-2-8(3-5-9)11-13-7-10(6-12)15-11/h2-5,10-11,13H,6-7H2,1H3/p+1/t10-,11-/m1/s1. The van der Waals surface area contributed by atoms with Gasteiger partial charge in [-0.05, 0) is 24.3 Å². The van der Waals surface area contributed by atoms with Gasteiger partial charge < -0.3 is 14.8 Å². The summed E-state index contributed by atoms with van der Waals surface area (Å²) in [6, 6.07) is 7.94. The van der Waals surface area contributed by atoms with Gasteiger partial charge in [0, 0.05) is 5.56 Å². The summed E-state index contributed by atoms with van der Waals surface area (Å²) >= 11 is 5.74. The van der Waals surface area contributed by atoms with E-state index >= 15 is 0 Å². The van der Waals surface area contributed by atoms with Gasteiger partial charge in [-0.2, -0.15) is 0 Å². The first-order chi connectivity index (χ1) is 7.33. The number of rotatable bonds is 3. The highest BCUT2D eigenvalue weighted by Gasteiger charge is 2.28. The Morgan fingerprint density at radius 3 is 2.73 bits per heavy atom. The third-order valence-corrected chi connectivity index (χ3v) is 2.91. The van der Waals surface area contributed by atoms with Crippen LogP contribution in [-0.4, -0.2) is 25.6 Å². The number of nitrogens with two attached hydrogens (primary N) is 1. The molecule has 1 aromatic rings. The molecule has 3 nitrogen and oxygen atoms in total. The Hall–Kier alpha value is -0.770. The number of ether oxygens (including phenoxy) is 2. The summed E-state index contributed by atoms with van der Waals surface area (Å²) in [6.07, 6.45) is 0.249. The molecule has 2 rings (SSSR count). The van der Waals surface area contributed by atoms with Gasteiger partial charge in [0.05, 0.1) is 13.0 Å². The highest BCUT2D eigenvalue weighted by molar-refractivity contribution is 6.18. The summed E-state index contributed by atoms with van der Waals surface area (Å²) in [5.74, 6) is 1.43. The Kier molecular flexibility index (Phi) is 3.46. The second-order valence-electron chi connectivity index (χ2n) is 3.58. The average Bonchev–Trinajstić information content (AvgIpc) is 2.78. The van der Waals surface area contributed by atoms with Crippen molar-refractivity contribution in [1.29, 1.82) is 0 Å². The van der Waals surface area contributed by atoms with Crippen molar-refractivity contribution in [3.63, 3.8) is 0 Å². The van der Waals surface area contributed by atoms with E-state index in [1.54, 1.807) is 7.11 Å². The number of alkyl halides is 1. The SMILES string of the molecule is COc1ccc([C@@H]2[NH2+]C[C@@H](CCl)O2)cc1. The van der Waals surface area contributed by atoms with Crippen molar-refractivity contribution in [2.24, 2.45) is 0 Å². The quantitative estimate of drug-likeness (QED) is 0.781. The van der Waals surface area contributed by atoms with Crippen LogP contribution in [-0.2, 0) is 4.74 Å². The van der Waals surface area contributed by atoms with Crippen molar-refractivity contribution >= 4 is 11.6 Å². The number of hydrogen-bond donors (Lipinski definition) is 1. The average molecular weight is 229 g/mol. The van der Waals surface area contributed by atoms with Crippen molar-refractivity contribution < 1.29 is 14.8 Å². The molecule has 0 aromatic heterocycles. The summed E-state index contributed by atoms with van der Waals surface area (Å²) in [4.78, 5) is 0. The Morgan fingerprint density at radius 2 is 2.20 bits per heavy atom. The normalized spacial score (nSPS) is 25.5. The number of hydrogen-bond acceptors (Lipinski definition) is 2. The van der Waals surface area contributed by atoms with Gasteiger partial charge in [-0.1, -0.05) is 0 Å². The monoisotopic (exact) mass is 228 g/mol. The minimum Gasteiger partial charge on any atom is -0.497 e. The molecule has 0 bridgehead atoms. The van der Waals surface area contributed by atoms with Gasteiger partial charge in [-0.15, -0.1) is 11.6 Å². The Labute approximate surface area is 94.3 Å². The first-order valence-corrected chi connectivity index (χ1v) is 5.55. The van der Waals surface area contributed by atoms with Gasteiger partial charge >= 0.3 is 0 Å². The zero-order chi connectivity index (χ0) is 10.7. The molecular formula is C11H15ClNO2+. The van der Waals surface area contributed by atoms with Crippen LogP contribution in [0.15, 0.2) is 24.3 Å². The van der Waals surface area contributed by atoms with Crippen molar-refractivity contribution in [2.75, 3.05) is 19.5 Å². The summed E-state index contributed by atoms with van der Waals surface area (Å²) in [5.41, 5.74) is 1.16. The second kappa shape index (κ2) is 4.84. The predicted molar refractivity (Wildman–Crippen MR) is 58.1 cm³/mol. The second-order valence-corrected chi connectivity index (χ2v) is 3.89. The van der Waals surface area contributed by atoms with Crippen LogP contribution in [0.3, 0.4) is 0 Å². The predicted octanol–water partition coefficient (Wildman–Crippen LogP) is 0.895. The smallest absolute Gasteiger partial charge is 0.217 e. The van der Waals surface area contributed by atoms with Crippen LogP contribution in [0.4, 0.5) is 0 Å². The maximum atomic E-state index is 5.74. The molecule has 0 aliphatic carbocycles. The molecule has 0 unspecified atom stereocenters. The number of benzene rings is 1. The molecule has 0 spiro atoms. The maximum absolute atomic E-state index is 5.74. The number of methoxy groups -OCH3 is 1. The van der Waals surface area contributed by atoms with Crippen molar-refractivity contribution in [1.82, 2.24) is 0 Å². The van der Waals surface area contributed by atoms with E-state index in [1.807, 2.05) is 24.3 Å². The number of quaternary nitrogens is 1. The van der Waals surface area contributed by atoms with E-state index in [1.165, 1.54) is 0 Å². The van der Waals surface area contributed by atoms with Crippen LogP contribution in [0.5, 0.6) is 5.75 Å². The molecule has 1 fully saturated rings.